The Morgan fingerprint density at radius 3 is 2.10 bits per heavy atom. The van der Waals surface area contributed by atoms with Gasteiger partial charge in [0.05, 0.1) is 23.4 Å². The Balaban J connectivity index is 0.000000108. The number of hydrogen-bond donors (Lipinski definition) is 4. The highest BCUT2D eigenvalue weighted by Crippen LogP contribution is 2.22. The van der Waals surface area contributed by atoms with Gasteiger partial charge in [-0.15, -0.1) is 0 Å². The van der Waals surface area contributed by atoms with Crippen molar-refractivity contribution in [1.82, 2.24) is 35.8 Å². The van der Waals surface area contributed by atoms with Crippen LogP contribution in [0, 0.1) is 27.7 Å². The molecule has 0 fully saturated rings. The standard InChI is InChI=1S/C9H11N.2C8H8N2.C7H7N3/c1-7-2-3-8-4-5-10-9(8)6-7;1-6-2-3-8-7(4-6)5-9-10-8;1-6-2-3-7-5-9-10-8(7)4-6;1-5-2-3-6-7(4-5)9-10-8-6/h2-3,6,10H,4-5H2,1H3;2*2-5H,1H3,(H,9,10);2-4H,1H3,(H,8,9,10). The van der Waals surface area contributed by atoms with Crippen molar-refractivity contribution >= 4 is 38.5 Å². The Morgan fingerprint density at radius 1 is 0.575 bits per heavy atom. The summed E-state index contributed by atoms with van der Waals surface area (Å²) < 4.78 is 0. The van der Waals surface area contributed by atoms with Gasteiger partial charge in [0.25, 0.3) is 0 Å². The van der Waals surface area contributed by atoms with Crippen molar-refractivity contribution in [3.05, 3.63) is 113 Å². The van der Waals surface area contributed by atoms with Crippen molar-refractivity contribution in [3.63, 3.8) is 0 Å². The molecule has 0 spiro atoms. The van der Waals surface area contributed by atoms with Crippen LogP contribution in [0.4, 0.5) is 5.69 Å². The van der Waals surface area contributed by atoms with Crippen molar-refractivity contribution in [2.24, 2.45) is 0 Å². The van der Waals surface area contributed by atoms with Crippen LogP contribution >= 0.6 is 0 Å². The summed E-state index contributed by atoms with van der Waals surface area (Å²) in [6.07, 6.45) is 4.85. The number of benzene rings is 4. The van der Waals surface area contributed by atoms with E-state index in [0.29, 0.717) is 0 Å². The average molecular weight is 531 g/mol. The van der Waals surface area contributed by atoms with Crippen LogP contribution in [0.2, 0.25) is 0 Å². The van der Waals surface area contributed by atoms with Gasteiger partial charge in [0, 0.05) is 23.0 Å². The van der Waals surface area contributed by atoms with Crippen LogP contribution in [0.1, 0.15) is 27.8 Å². The summed E-state index contributed by atoms with van der Waals surface area (Å²) in [6, 6.07) is 25.0. The molecule has 4 N–H and O–H groups in total. The number of hydrogen-bond acceptors (Lipinski definition) is 5. The second-order valence-corrected chi connectivity index (χ2v) is 10.1. The Labute approximate surface area is 233 Å². The average Bonchev–Trinajstić information content (AvgIpc) is 3.75. The number of rotatable bonds is 0. The van der Waals surface area contributed by atoms with E-state index in [9.17, 15) is 0 Å². The zero-order valence-corrected chi connectivity index (χ0v) is 23.3. The summed E-state index contributed by atoms with van der Waals surface area (Å²) in [7, 11) is 0. The van der Waals surface area contributed by atoms with E-state index in [4.69, 9.17) is 0 Å². The maximum absolute atomic E-state index is 3.94. The largest absolute Gasteiger partial charge is 0.384 e. The molecule has 3 aromatic heterocycles. The fourth-order valence-corrected chi connectivity index (χ4v) is 4.47. The van der Waals surface area contributed by atoms with Gasteiger partial charge in [-0.25, -0.2) is 0 Å². The number of aryl methyl sites for hydroxylation is 4. The molecule has 0 aliphatic carbocycles. The van der Waals surface area contributed by atoms with E-state index in [0.717, 1.165) is 28.6 Å². The van der Waals surface area contributed by atoms with Crippen LogP contribution in [0.3, 0.4) is 0 Å². The summed E-state index contributed by atoms with van der Waals surface area (Å²) >= 11 is 0. The van der Waals surface area contributed by atoms with Crippen LogP contribution in [0.5, 0.6) is 0 Å². The van der Waals surface area contributed by atoms with Crippen LogP contribution in [0.15, 0.2) is 85.2 Å². The maximum atomic E-state index is 3.94. The summed E-state index contributed by atoms with van der Waals surface area (Å²) in [5.41, 5.74) is 11.9. The Morgan fingerprint density at radius 2 is 1.23 bits per heavy atom. The van der Waals surface area contributed by atoms with E-state index < -0.39 is 0 Å². The maximum Gasteiger partial charge on any atom is 0.113 e. The van der Waals surface area contributed by atoms with Gasteiger partial charge in [-0.1, -0.05) is 42.0 Å². The van der Waals surface area contributed by atoms with Gasteiger partial charge in [-0.3, -0.25) is 10.2 Å². The summed E-state index contributed by atoms with van der Waals surface area (Å²) in [6.45, 7) is 9.42. The van der Waals surface area contributed by atoms with Crippen molar-refractivity contribution < 1.29 is 0 Å². The third kappa shape index (κ3) is 6.71. The van der Waals surface area contributed by atoms with Crippen LogP contribution in [-0.2, 0) is 6.42 Å². The lowest BCUT2D eigenvalue weighted by Crippen LogP contribution is -1.90. The second kappa shape index (κ2) is 12.3. The molecule has 0 unspecified atom stereocenters. The molecule has 0 saturated heterocycles. The fraction of sp³-hybridized carbons (Fsp3) is 0.188. The molecule has 8 nitrogen and oxygen atoms in total. The van der Waals surface area contributed by atoms with Gasteiger partial charge >= 0.3 is 0 Å². The van der Waals surface area contributed by atoms with Crippen LogP contribution in [-0.4, -0.2) is 42.4 Å². The molecule has 0 radical (unpaired) electrons. The number of aromatic nitrogens is 7. The van der Waals surface area contributed by atoms with E-state index in [2.05, 4.69) is 110 Å². The summed E-state index contributed by atoms with van der Waals surface area (Å²) in [5.74, 6) is 0. The minimum absolute atomic E-state index is 0.922. The SMILES string of the molecule is Cc1ccc2[nH]ncc2c1.Cc1ccc2c(c1)NCC2.Cc1ccc2cn[nH]c2c1.Cc1ccc2n[nH]nc2c1. The lowest BCUT2D eigenvalue weighted by Gasteiger charge is -1.98. The Kier molecular flexibility index (Phi) is 8.15. The van der Waals surface area contributed by atoms with Crippen molar-refractivity contribution in [2.45, 2.75) is 34.1 Å². The quantitative estimate of drug-likeness (QED) is 0.169. The predicted molar refractivity (Wildman–Crippen MR) is 164 cm³/mol. The first-order valence-corrected chi connectivity index (χ1v) is 13.3. The third-order valence-electron chi connectivity index (χ3n) is 6.64. The van der Waals surface area contributed by atoms with Gasteiger partial charge in [0.2, 0.25) is 0 Å². The molecule has 0 saturated carbocycles. The van der Waals surface area contributed by atoms with E-state index in [-0.39, 0.29) is 0 Å². The topological polar surface area (TPSA) is 111 Å². The molecule has 1 aliphatic rings. The van der Waals surface area contributed by atoms with Gasteiger partial charge < -0.3 is 5.32 Å². The number of anilines is 1. The molecule has 0 atom stereocenters. The highest BCUT2D eigenvalue weighted by molar-refractivity contribution is 5.79. The van der Waals surface area contributed by atoms with Gasteiger partial charge in [-0.2, -0.15) is 25.6 Å². The first-order valence-electron chi connectivity index (χ1n) is 13.3. The molecule has 7 aromatic rings. The number of nitrogens with one attached hydrogen (secondary N) is 4. The molecule has 1 aliphatic heterocycles. The minimum atomic E-state index is 0.922. The molecule has 202 valence electrons. The van der Waals surface area contributed by atoms with Crippen LogP contribution in [0.25, 0.3) is 32.8 Å². The van der Waals surface area contributed by atoms with Crippen molar-refractivity contribution in [1.29, 1.82) is 0 Å². The Bertz CT molecular complexity index is 1670. The fourth-order valence-electron chi connectivity index (χ4n) is 4.47. The molecular formula is C32H34N8. The molecular weight excluding hydrogens is 496 g/mol. The van der Waals surface area contributed by atoms with E-state index in [1.807, 2.05) is 43.6 Å². The van der Waals surface area contributed by atoms with Gasteiger partial charge in [0.15, 0.2) is 0 Å². The second-order valence-electron chi connectivity index (χ2n) is 10.1. The normalized spacial score (nSPS) is 11.5. The highest BCUT2D eigenvalue weighted by atomic mass is 15.3. The monoisotopic (exact) mass is 530 g/mol. The molecule has 4 aromatic carbocycles. The molecule has 40 heavy (non-hydrogen) atoms. The molecule has 0 bridgehead atoms. The lowest BCUT2D eigenvalue weighted by atomic mass is 10.1. The molecule has 4 heterocycles. The van der Waals surface area contributed by atoms with Gasteiger partial charge in [-0.05, 0) is 92.8 Å². The number of fused-ring (bicyclic) bond motifs is 4. The van der Waals surface area contributed by atoms with Gasteiger partial charge in [0.1, 0.15) is 11.0 Å². The zero-order valence-electron chi connectivity index (χ0n) is 23.3. The number of nitrogens with zero attached hydrogens (tertiary/aromatic N) is 4. The highest BCUT2D eigenvalue weighted by Gasteiger charge is 2.07. The molecule has 8 heteroatoms. The summed E-state index contributed by atoms with van der Waals surface area (Å²) in [5, 5.41) is 29.8. The number of aromatic amines is 3. The Hall–Kier alpha value is -4.98. The van der Waals surface area contributed by atoms with E-state index in [1.54, 1.807) is 0 Å². The molecule has 0 amide bonds. The summed E-state index contributed by atoms with van der Waals surface area (Å²) in [4.78, 5) is 0. The predicted octanol–water partition coefficient (Wildman–Crippen LogP) is 6.97. The van der Waals surface area contributed by atoms with Crippen molar-refractivity contribution in [3.8, 4) is 0 Å². The van der Waals surface area contributed by atoms with Crippen LogP contribution < -0.4 is 5.32 Å². The van der Waals surface area contributed by atoms with E-state index >= 15 is 0 Å². The lowest BCUT2D eigenvalue weighted by molar-refractivity contribution is 0.959. The smallest absolute Gasteiger partial charge is 0.113 e. The first kappa shape index (κ1) is 26.6. The molecule has 8 rings (SSSR count). The van der Waals surface area contributed by atoms with Crippen molar-refractivity contribution in [2.75, 3.05) is 11.9 Å². The zero-order chi connectivity index (χ0) is 27.9. The minimum Gasteiger partial charge on any atom is -0.384 e. The first-order chi connectivity index (χ1) is 19.4. The number of H-pyrrole nitrogens is 3. The van der Waals surface area contributed by atoms with E-state index in [1.165, 1.54) is 50.7 Å². The third-order valence-corrected chi connectivity index (χ3v) is 6.64.